The fraction of sp³-hybridized carbons (Fsp3) is 0.429. The van der Waals surface area contributed by atoms with Crippen LogP contribution in [0.15, 0.2) is 16.6 Å². The van der Waals surface area contributed by atoms with Gasteiger partial charge in [0.1, 0.15) is 10.8 Å². The average Bonchev–Trinajstić information content (AvgIpc) is 2.92. The summed E-state index contributed by atoms with van der Waals surface area (Å²) in [5, 5.41) is 8.80. The van der Waals surface area contributed by atoms with Gasteiger partial charge in [-0.05, 0) is 35.2 Å². The van der Waals surface area contributed by atoms with Crippen molar-refractivity contribution in [3.63, 3.8) is 0 Å². The molecule has 1 aromatic rings. The van der Waals surface area contributed by atoms with E-state index in [4.69, 9.17) is 11.6 Å². The predicted octanol–water partition coefficient (Wildman–Crippen LogP) is 5.12. The van der Waals surface area contributed by atoms with Gasteiger partial charge in [-0.3, -0.25) is 0 Å². The van der Waals surface area contributed by atoms with Crippen molar-refractivity contribution in [2.75, 3.05) is 0 Å². The molecule has 1 nitrogen and oxygen atoms in total. The number of halogens is 4. The number of hydrogen-bond acceptors (Lipinski definition) is 1. The Bertz CT molecular complexity index is 573. The summed E-state index contributed by atoms with van der Waals surface area (Å²) in [7, 11) is 0. The molecule has 0 spiro atoms. The van der Waals surface area contributed by atoms with Crippen LogP contribution in [-0.2, 0) is 0 Å². The minimum atomic E-state index is -0.872. The maximum atomic E-state index is 14.2. The Labute approximate surface area is 123 Å². The quantitative estimate of drug-likeness (QED) is 0.698. The van der Waals surface area contributed by atoms with Crippen molar-refractivity contribution in [3.05, 3.63) is 38.8 Å². The molecular formula is C14H12BrClF2O. The maximum Gasteiger partial charge on any atom is 0.173 e. The number of phenolic OH excluding ortho intramolecular Hbond substituents is 1. The van der Waals surface area contributed by atoms with Crippen molar-refractivity contribution in [3.8, 4) is 5.75 Å². The first-order valence-electron chi connectivity index (χ1n) is 6.24. The van der Waals surface area contributed by atoms with Gasteiger partial charge in [-0.25, -0.2) is 8.78 Å². The SMILES string of the molecule is Oc1c(F)cc(C2C(Br)=CC3CCCC32)c(F)c1Cl. The zero-order valence-corrected chi connectivity index (χ0v) is 12.3. The van der Waals surface area contributed by atoms with Crippen LogP contribution in [0.5, 0.6) is 5.75 Å². The lowest BCUT2D eigenvalue weighted by Gasteiger charge is -2.22. The highest BCUT2D eigenvalue weighted by atomic mass is 79.9. The van der Waals surface area contributed by atoms with Crippen molar-refractivity contribution in [1.82, 2.24) is 0 Å². The van der Waals surface area contributed by atoms with Crippen LogP contribution in [0.4, 0.5) is 8.78 Å². The lowest BCUT2D eigenvalue weighted by atomic mass is 9.85. The second-order valence-electron chi connectivity index (χ2n) is 5.21. The third kappa shape index (κ3) is 2.00. The minimum absolute atomic E-state index is 0.194. The van der Waals surface area contributed by atoms with Gasteiger partial charge in [0, 0.05) is 11.5 Å². The largest absolute Gasteiger partial charge is 0.504 e. The Morgan fingerprint density at radius 1 is 1.32 bits per heavy atom. The molecule has 0 amide bonds. The van der Waals surface area contributed by atoms with Crippen LogP contribution in [-0.4, -0.2) is 5.11 Å². The molecule has 5 heteroatoms. The molecule has 0 bridgehead atoms. The molecular weight excluding hydrogens is 338 g/mol. The van der Waals surface area contributed by atoms with Crippen molar-refractivity contribution in [2.24, 2.45) is 11.8 Å². The molecule has 0 aliphatic heterocycles. The van der Waals surface area contributed by atoms with Crippen molar-refractivity contribution < 1.29 is 13.9 Å². The molecule has 19 heavy (non-hydrogen) atoms. The first-order chi connectivity index (χ1) is 9.00. The molecule has 3 rings (SSSR count). The normalized spacial score (nSPS) is 29.5. The number of phenols is 1. The smallest absolute Gasteiger partial charge is 0.173 e. The van der Waals surface area contributed by atoms with Crippen molar-refractivity contribution in [1.29, 1.82) is 0 Å². The zero-order chi connectivity index (χ0) is 13.7. The molecule has 0 radical (unpaired) electrons. The van der Waals surface area contributed by atoms with Gasteiger partial charge in [0.2, 0.25) is 0 Å². The van der Waals surface area contributed by atoms with E-state index >= 15 is 0 Å². The minimum Gasteiger partial charge on any atom is -0.504 e. The Balaban J connectivity index is 2.10. The highest BCUT2D eigenvalue weighted by Gasteiger charge is 2.41. The van der Waals surface area contributed by atoms with Crippen LogP contribution in [0.25, 0.3) is 0 Å². The molecule has 0 aromatic heterocycles. The number of fused-ring (bicyclic) bond motifs is 1. The molecule has 2 aliphatic carbocycles. The van der Waals surface area contributed by atoms with Crippen LogP contribution < -0.4 is 0 Å². The number of rotatable bonds is 1. The van der Waals surface area contributed by atoms with Gasteiger partial charge in [-0.15, -0.1) is 0 Å². The third-order valence-corrected chi connectivity index (χ3v) is 5.32. The van der Waals surface area contributed by atoms with Gasteiger partial charge < -0.3 is 5.11 Å². The van der Waals surface area contributed by atoms with E-state index in [2.05, 4.69) is 22.0 Å². The molecule has 1 N–H and O–H groups in total. The molecule has 1 aromatic carbocycles. The van der Waals surface area contributed by atoms with Crippen LogP contribution >= 0.6 is 27.5 Å². The summed E-state index contributed by atoms with van der Waals surface area (Å²) in [4.78, 5) is 0. The van der Waals surface area contributed by atoms with E-state index in [1.165, 1.54) is 0 Å². The average molecular weight is 350 g/mol. The fourth-order valence-electron chi connectivity index (χ4n) is 3.36. The van der Waals surface area contributed by atoms with Crippen LogP contribution in [0, 0.1) is 23.5 Å². The van der Waals surface area contributed by atoms with E-state index in [1.807, 2.05) is 0 Å². The van der Waals surface area contributed by atoms with Crippen LogP contribution in [0.1, 0.15) is 30.7 Å². The number of benzene rings is 1. The molecule has 3 atom stereocenters. The van der Waals surface area contributed by atoms with E-state index in [9.17, 15) is 13.9 Å². The third-order valence-electron chi connectivity index (χ3n) is 4.22. The first-order valence-corrected chi connectivity index (χ1v) is 7.41. The second-order valence-corrected chi connectivity index (χ2v) is 6.51. The number of hydrogen-bond donors (Lipinski definition) is 1. The Morgan fingerprint density at radius 3 is 2.79 bits per heavy atom. The van der Waals surface area contributed by atoms with Gasteiger partial charge in [0.05, 0.1) is 0 Å². The summed E-state index contributed by atoms with van der Waals surface area (Å²) in [6.45, 7) is 0. The van der Waals surface area contributed by atoms with Crippen LogP contribution in [0.2, 0.25) is 5.02 Å². The fourth-order valence-corrected chi connectivity index (χ4v) is 4.49. The van der Waals surface area contributed by atoms with Gasteiger partial charge in [-0.1, -0.05) is 40.0 Å². The maximum absolute atomic E-state index is 14.2. The predicted molar refractivity (Wildman–Crippen MR) is 73.6 cm³/mol. The lowest BCUT2D eigenvalue weighted by Crippen LogP contribution is -2.12. The summed E-state index contributed by atoms with van der Waals surface area (Å²) in [6.07, 6.45) is 5.30. The van der Waals surface area contributed by atoms with Gasteiger partial charge in [-0.2, -0.15) is 0 Å². The summed E-state index contributed by atoms with van der Waals surface area (Å²) in [5.41, 5.74) is 0.234. The van der Waals surface area contributed by atoms with E-state index in [0.29, 0.717) is 11.8 Å². The molecule has 3 unspecified atom stereocenters. The summed E-state index contributed by atoms with van der Waals surface area (Å²) < 4.78 is 28.7. The molecule has 2 aliphatic rings. The molecule has 1 fully saturated rings. The van der Waals surface area contributed by atoms with Gasteiger partial charge >= 0.3 is 0 Å². The van der Waals surface area contributed by atoms with Crippen molar-refractivity contribution in [2.45, 2.75) is 25.2 Å². The summed E-state index contributed by atoms with van der Waals surface area (Å²) in [5.74, 6) is -1.88. The highest BCUT2D eigenvalue weighted by molar-refractivity contribution is 9.11. The van der Waals surface area contributed by atoms with E-state index in [0.717, 1.165) is 29.8 Å². The number of allylic oxidation sites excluding steroid dienone is 2. The molecule has 1 saturated carbocycles. The van der Waals surface area contributed by atoms with E-state index in [-0.39, 0.29) is 11.5 Å². The highest BCUT2D eigenvalue weighted by Crippen LogP contribution is 2.54. The Kier molecular flexibility index (Phi) is 3.34. The van der Waals surface area contributed by atoms with Gasteiger partial charge in [0.15, 0.2) is 11.6 Å². The van der Waals surface area contributed by atoms with E-state index in [1.54, 1.807) is 0 Å². The second kappa shape index (κ2) is 4.74. The van der Waals surface area contributed by atoms with E-state index < -0.39 is 22.4 Å². The topological polar surface area (TPSA) is 20.2 Å². The standard InChI is InChI=1S/C14H12BrClF2O/c15-9-4-6-2-1-3-7(6)11(9)8-5-10(17)14(19)12(16)13(8)18/h4-7,11,19H,1-3H2. The zero-order valence-electron chi connectivity index (χ0n) is 9.97. The molecule has 0 heterocycles. The monoisotopic (exact) mass is 348 g/mol. The number of aromatic hydroxyl groups is 1. The molecule has 0 saturated heterocycles. The molecule has 102 valence electrons. The van der Waals surface area contributed by atoms with Crippen LogP contribution in [0.3, 0.4) is 0 Å². The Hall–Kier alpha value is -0.610. The summed E-state index contributed by atoms with van der Waals surface area (Å²) in [6, 6.07) is 1.07. The van der Waals surface area contributed by atoms with Gasteiger partial charge in [0.25, 0.3) is 0 Å². The Morgan fingerprint density at radius 2 is 2.05 bits per heavy atom. The van der Waals surface area contributed by atoms with Crippen molar-refractivity contribution >= 4 is 27.5 Å². The summed E-state index contributed by atoms with van der Waals surface area (Å²) >= 11 is 9.12. The lowest BCUT2D eigenvalue weighted by molar-refractivity contribution is 0.412. The first kappa shape index (κ1) is 13.4.